The van der Waals surface area contributed by atoms with Crippen LogP contribution >= 0.6 is 11.6 Å². The van der Waals surface area contributed by atoms with Gasteiger partial charge >= 0.3 is 6.09 Å². The average Bonchev–Trinajstić information content (AvgIpc) is 2.36. The van der Waals surface area contributed by atoms with Crippen molar-refractivity contribution in [3.8, 4) is 0 Å². The lowest BCUT2D eigenvalue weighted by Crippen LogP contribution is -2.55. The summed E-state index contributed by atoms with van der Waals surface area (Å²) in [5.74, 6) is 0. The van der Waals surface area contributed by atoms with E-state index >= 15 is 0 Å². The molecule has 6 heteroatoms. The highest BCUT2D eigenvalue weighted by Gasteiger charge is 2.30. The van der Waals surface area contributed by atoms with E-state index in [1.807, 2.05) is 39.8 Å². The number of amides is 1. The molecule has 1 aromatic heterocycles. The third kappa shape index (κ3) is 4.24. The minimum absolute atomic E-state index is 0.0838. The fraction of sp³-hybridized carbons (Fsp3) is 0.600. The summed E-state index contributed by atoms with van der Waals surface area (Å²) in [7, 11) is 0. The van der Waals surface area contributed by atoms with Crippen LogP contribution in [0, 0.1) is 0 Å². The molecular formula is C15H22ClN3O2. The van der Waals surface area contributed by atoms with Crippen molar-refractivity contribution >= 4 is 23.4 Å². The standard InChI is InChI=1S/C15H22ClN3O2/c1-11-10-18(12-5-6-17-13(16)9-12)7-8-19(11)14(20)21-15(2,3)4/h5-6,9,11H,7-8,10H2,1-4H3/t11-/m1/s1. The molecule has 0 aliphatic carbocycles. The number of hydrogen-bond donors (Lipinski definition) is 0. The number of ether oxygens (including phenoxy) is 1. The third-order valence-electron chi connectivity index (χ3n) is 3.33. The van der Waals surface area contributed by atoms with Crippen molar-refractivity contribution in [2.75, 3.05) is 24.5 Å². The van der Waals surface area contributed by atoms with Gasteiger partial charge in [0, 0.05) is 37.6 Å². The number of rotatable bonds is 1. The van der Waals surface area contributed by atoms with Crippen molar-refractivity contribution in [3.63, 3.8) is 0 Å². The van der Waals surface area contributed by atoms with Crippen LogP contribution in [0.2, 0.25) is 5.15 Å². The molecule has 1 aromatic rings. The smallest absolute Gasteiger partial charge is 0.410 e. The van der Waals surface area contributed by atoms with Crippen molar-refractivity contribution in [3.05, 3.63) is 23.5 Å². The highest BCUT2D eigenvalue weighted by Crippen LogP contribution is 2.22. The van der Waals surface area contributed by atoms with Gasteiger partial charge in [0.1, 0.15) is 10.8 Å². The first-order valence-corrected chi connectivity index (χ1v) is 7.50. The highest BCUT2D eigenvalue weighted by atomic mass is 35.5. The van der Waals surface area contributed by atoms with Gasteiger partial charge in [-0.1, -0.05) is 11.6 Å². The van der Waals surface area contributed by atoms with Crippen LogP contribution in [0.5, 0.6) is 0 Å². The summed E-state index contributed by atoms with van der Waals surface area (Å²) in [5.41, 5.74) is 0.567. The number of halogens is 1. The Morgan fingerprint density at radius 3 is 2.71 bits per heavy atom. The summed E-state index contributed by atoms with van der Waals surface area (Å²) < 4.78 is 5.45. The van der Waals surface area contributed by atoms with E-state index in [0.717, 1.165) is 18.8 Å². The molecule has 21 heavy (non-hydrogen) atoms. The van der Waals surface area contributed by atoms with E-state index in [0.29, 0.717) is 11.7 Å². The molecule has 2 rings (SSSR count). The molecule has 0 saturated carbocycles. The summed E-state index contributed by atoms with van der Waals surface area (Å²) in [4.78, 5) is 20.2. The van der Waals surface area contributed by atoms with Crippen LogP contribution in [0.15, 0.2) is 18.3 Å². The summed E-state index contributed by atoms with van der Waals surface area (Å²) in [5, 5.41) is 0.481. The zero-order chi connectivity index (χ0) is 15.6. The molecule has 0 unspecified atom stereocenters. The van der Waals surface area contributed by atoms with Gasteiger partial charge in [-0.3, -0.25) is 0 Å². The quantitative estimate of drug-likeness (QED) is 0.747. The van der Waals surface area contributed by atoms with Crippen LogP contribution in [0.1, 0.15) is 27.7 Å². The summed E-state index contributed by atoms with van der Waals surface area (Å²) in [6, 6.07) is 3.86. The molecule has 1 aliphatic heterocycles. The van der Waals surface area contributed by atoms with Gasteiger partial charge in [-0.15, -0.1) is 0 Å². The van der Waals surface area contributed by atoms with Crippen LogP contribution in [0.4, 0.5) is 10.5 Å². The molecule has 0 radical (unpaired) electrons. The van der Waals surface area contributed by atoms with Crippen molar-refractivity contribution in [2.45, 2.75) is 39.3 Å². The van der Waals surface area contributed by atoms with Gasteiger partial charge < -0.3 is 14.5 Å². The van der Waals surface area contributed by atoms with Crippen LogP contribution in [0.3, 0.4) is 0 Å². The molecule has 116 valence electrons. The van der Waals surface area contributed by atoms with Gasteiger partial charge in [-0.2, -0.15) is 0 Å². The molecule has 1 amide bonds. The Hall–Kier alpha value is -1.49. The predicted molar refractivity (Wildman–Crippen MR) is 83.9 cm³/mol. The SMILES string of the molecule is C[C@@H]1CN(c2ccnc(Cl)c2)CCN1C(=O)OC(C)(C)C. The Kier molecular flexibility index (Phi) is 4.61. The van der Waals surface area contributed by atoms with E-state index in [-0.39, 0.29) is 12.1 Å². The fourth-order valence-electron chi connectivity index (χ4n) is 2.37. The minimum Gasteiger partial charge on any atom is -0.444 e. The zero-order valence-electron chi connectivity index (χ0n) is 13.0. The van der Waals surface area contributed by atoms with Crippen LogP contribution < -0.4 is 4.90 Å². The van der Waals surface area contributed by atoms with E-state index in [2.05, 4.69) is 9.88 Å². The fourth-order valence-corrected chi connectivity index (χ4v) is 2.54. The lowest BCUT2D eigenvalue weighted by atomic mass is 10.1. The van der Waals surface area contributed by atoms with Gasteiger partial charge in [0.2, 0.25) is 0 Å². The van der Waals surface area contributed by atoms with E-state index in [1.54, 1.807) is 11.1 Å². The summed E-state index contributed by atoms with van der Waals surface area (Å²) >= 11 is 5.93. The second-order valence-corrected chi connectivity index (χ2v) is 6.69. The van der Waals surface area contributed by atoms with Crippen molar-refractivity contribution < 1.29 is 9.53 Å². The first-order valence-electron chi connectivity index (χ1n) is 7.12. The Morgan fingerprint density at radius 1 is 1.43 bits per heavy atom. The molecule has 0 spiro atoms. The predicted octanol–water partition coefficient (Wildman–Crippen LogP) is 3.18. The second kappa shape index (κ2) is 6.10. The number of piperazine rings is 1. The first kappa shape index (κ1) is 15.9. The van der Waals surface area contributed by atoms with Gasteiger partial charge in [0.05, 0.1) is 0 Å². The topological polar surface area (TPSA) is 45.7 Å². The Labute approximate surface area is 130 Å². The monoisotopic (exact) mass is 311 g/mol. The molecular weight excluding hydrogens is 290 g/mol. The van der Waals surface area contributed by atoms with Crippen LogP contribution in [-0.2, 0) is 4.74 Å². The lowest BCUT2D eigenvalue weighted by Gasteiger charge is -2.41. The molecule has 5 nitrogen and oxygen atoms in total. The number of pyridine rings is 1. The maximum absolute atomic E-state index is 12.2. The molecule has 1 saturated heterocycles. The normalized spacial score (nSPS) is 19.6. The van der Waals surface area contributed by atoms with Gasteiger partial charge in [0.15, 0.2) is 0 Å². The van der Waals surface area contributed by atoms with Gasteiger partial charge in [0.25, 0.3) is 0 Å². The van der Waals surface area contributed by atoms with Crippen LogP contribution in [-0.4, -0.2) is 47.3 Å². The van der Waals surface area contributed by atoms with E-state index in [1.165, 1.54) is 0 Å². The lowest BCUT2D eigenvalue weighted by molar-refractivity contribution is 0.0159. The van der Waals surface area contributed by atoms with E-state index < -0.39 is 5.60 Å². The summed E-state index contributed by atoms with van der Waals surface area (Å²) in [6.45, 7) is 9.80. The molecule has 1 atom stereocenters. The number of anilines is 1. The number of nitrogens with zero attached hydrogens (tertiary/aromatic N) is 3. The first-order chi connectivity index (χ1) is 9.76. The van der Waals surface area contributed by atoms with E-state index in [9.17, 15) is 4.79 Å². The van der Waals surface area contributed by atoms with Gasteiger partial charge in [-0.25, -0.2) is 9.78 Å². The average molecular weight is 312 g/mol. The number of hydrogen-bond acceptors (Lipinski definition) is 4. The number of carbonyl (C=O) groups excluding carboxylic acids is 1. The minimum atomic E-state index is -0.466. The van der Waals surface area contributed by atoms with Crippen molar-refractivity contribution in [2.24, 2.45) is 0 Å². The molecule has 1 fully saturated rings. The maximum Gasteiger partial charge on any atom is 0.410 e. The molecule has 0 bridgehead atoms. The molecule has 0 N–H and O–H groups in total. The summed E-state index contributed by atoms with van der Waals surface area (Å²) in [6.07, 6.45) is 1.45. The Balaban J connectivity index is 2.01. The molecule has 2 heterocycles. The van der Waals surface area contributed by atoms with Crippen molar-refractivity contribution in [1.82, 2.24) is 9.88 Å². The number of carbonyl (C=O) groups is 1. The highest BCUT2D eigenvalue weighted by molar-refractivity contribution is 6.29. The molecule has 1 aliphatic rings. The third-order valence-corrected chi connectivity index (χ3v) is 3.54. The Bertz CT molecular complexity index is 516. The van der Waals surface area contributed by atoms with Crippen molar-refractivity contribution in [1.29, 1.82) is 0 Å². The molecule has 0 aromatic carbocycles. The second-order valence-electron chi connectivity index (χ2n) is 6.31. The maximum atomic E-state index is 12.2. The largest absolute Gasteiger partial charge is 0.444 e. The van der Waals surface area contributed by atoms with Crippen LogP contribution in [0.25, 0.3) is 0 Å². The zero-order valence-corrected chi connectivity index (χ0v) is 13.7. The Morgan fingerprint density at radius 2 is 2.14 bits per heavy atom. The van der Waals surface area contributed by atoms with Gasteiger partial charge in [-0.05, 0) is 39.8 Å². The number of aromatic nitrogens is 1. The van der Waals surface area contributed by atoms with E-state index in [4.69, 9.17) is 16.3 Å².